The van der Waals surface area contributed by atoms with Gasteiger partial charge in [0.05, 0.1) is 7.11 Å². The number of carbonyl (C=O) groups is 1. The number of methoxy groups -OCH3 is 1. The third kappa shape index (κ3) is 3.39. The van der Waals surface area contributed by atoms with Crippen LogP contribution in [0.3, 0.4) is 0 Å². The minimum absolute atomic E-state index is 0.0675. The molecule has 0 radical (unpaired) electrons. The molecule has 18 heavy (non-hydrogen) atoms. The third-order valence-electron chi connectivity index (χ3n) is 3.21. The molecular weight excluding hydrogens is 250 g/mol. The Labute approximate surface area is 114 Å². The number of hydrogen-bond acceptors (Lipinski definition) is 2. The van der Waals surface area contributed by atoms with Gasteiger partial charge in [0, 0.05) is 25.9 Å². The zero-order valence-electron chi connectivity index (χ0n) is 11.4. The molecule has 4 heteroatoms. The predicted molar refractivity (Wildman–Crippen MR) is 74.3 cm³/mol. The summed E-state index contributed by atoms with van der Waals surface area (Å²) >= 11 is 5.58. The second kappa shape index (κ2) is 6.64. The van der Waals surface area contributed by atoms with E-state index in [4.69, 9.17) is 16.3 Å². The van der Waals surface area contributed by atoms with Crippen LogP contribution in [-0.4, -0.2) is 30.8 Å². The zero-order valence-corrected chi connectivity index (χ0v) is 12.2. The number of hydrogen-bond donors (Lipinski definition) is 0. The van der Waals surface area contributed by atoms with Crippen molar-refractivity contribution in [1.82, 2.24) is 4.90 Å². The lowest BCUT2D eigenvalue weighted by atomic mass is 10.0. The number of amides is 1. The van der Waals surface area contributed by atoms with E-state index in [1.54, 1.807) is 19.1 Å². The minimum atomic E-state index is 0.0675. The molecule has 0 saturated heterocycles. The summed E-state index contributed by atoms with van der Waals surface area (Å²) in [6.07, 6.45) is 0.381. The van der Waals surface area contributed by atoms with Crippen LogP contribution in [-0.2, 0) is 11.3 Å². The maximum Gasteiger partial charge on any atom is 0.223 e. The minimum Gasteiger partial charge on any atom is -0.496 e. The molecule has 0 aliphatic rings. The van der Waals surface area contributed by atoms with Gasteiger partial charge in [-0.25, -0.2) is 0 Å². The summed E-state index contributed by atoms with van der Waals surface area (Å²) in [5, 5.41) is 0. The van der Waals surface area contributed by atoms with Crippen LogP contribution < -0.4 is 4.74 Å². The Morgan fingerprint density at radius 2 is 2.00 bits per heavy atom. The van der Waals surface area contributed by atoms with Crippen LogP contribution in [0.15, 0.2) is 12.1 Å². The molecule has 0 saturated carbocycles. The normalized spacial score (nSPS) is 10.3. The van der Waals surface area contributed by atoms with E-state index in [2.05, 4.69) is 0 Å². The lowest BCUT2D eigenvalue weighted by molar-refractivity contribution is -0.129. The molecule has 0 heterocycles. The molecular formula is C14H20ClNO2. The largest absolute Gasteiger partial charge is 0.496 e. The van der Waals surface area contributed by atoms with Crippen molar-refractivity contribution in [2.75, 3.05) is 20.0 Å². The number of carbonyl (C=O) groups excluding carboxylic acids is 1. The molecule has 0 unspecified atom stereocenters. The van der Waals surface area contributed by atoms with Crippen molar-refractivity contribution in [2.45, 2.75) is 26.8 Å². The number of nitrogens with zero attached hydrogens (tertiary/aromatic N) is 1. The molecule has 1 rings (SSSR count). The van der Waals surface area contributed by atoms with Gasteiger partial charge in [0.2, 0.25) is 5.91 Å². The summed E-state index contributed by atoms with van der Waals surface area (Å²) in [4.78, 5) is 13.4. The van der Waals surface area contributed by atoms with Crippen molar-refractivity contribution in [3.8, 4) is 5.75 Å². The molecule has 1 amide bonds. The maximum absolute atomic E-state index is 11.7. The Balaban J connectivity index is 2.85. The van der Waals surface area contributed by atoms with Crippen molar-refractivity contribution >= 4 is 17.5 Å². The monoisotopic (exact) mass is 269 g/mol. The van der Waals surface area contributed by atoms with Gasteiger partial charge in [0.1, 0.15) is 5.75 Å². The predicted octanol–water partition coefficient (Wildman–Crippen LogP) is 2.90. The summed E-state index contributed by atoms with van der Waals surface area (Å²) in [6.45, 7) is 4.68. The van der Waals surface area contributed by atoms with Gasteiger partial charge in [-0.1, -0.05) is 6.07 Å². The number of ether oxygens (including phenoxy) is 1. The molecule has 0 aliphatic carbocycles. The van der Waals surface area contributed by atoms with Crippen LogP contribution in [0.25, 0.3) is 0 Å². The lowest BCUT2D eigenvalue weighted by Crippen LogP contribution is -2.26. The Bertz CT molecular complexity index is 432. The van der Waals surface area contributed by atoms with Crippen LogP contribution in [0.4, 0.5) is 0 Å². The molecule has 1 aromatic carbocycles. The van der Waals surface area contributed by atoms with Crippen LogP contribution in [0, 0.1) is 13.8 Å². The topological polar surface area (TPSA) is 29.5 Å². The Hall–Kier alpha value is -1.22. The first kappa shape index (κ1) is 14.8. The molecule has 0 atom stereocenters. The summed E-state index contributed by atoms with van der Waals surface area (Å²) in [6, 6.07) is 3.95. The van der Waals surface area contributed by atoms with Crippen LogP contribution in [0.5, 0.6) is 5.75 Å². The maximum atomic E-state index is 11.7. The summed E-state index contributed by atoms with van der Waals surface area (Å²) < 4.78 is 5.27. The summed E-state index contributed by atoms with van der Waals surface area (Å²) in [7, 11) is 3.46. The van der Waals surface area contributed by atoms with E-state index in [0.29, 0.717) is 18.8 Å². The fourth-order valence-corrected chi connectivity index (χ4v) is 2.02. The van der Waals surface area contributed by atoms with E-state index < -0.39 is 0 Å². The molecule has 3 nitrogen and oxygen atoms in total. The van der Waals surface area contributed by atoms with Crippen molar-refractivity contribution in [2.24, 2.45) is 0 Å². The van der Waals surface area contributed by atoms with Gasteiger partial charge in [0.15, 0.2) is 0 Å². The molecule has 0 aromatic heterocycles. The summed E-state index contributed by atoms with van der Waals surface area (Å²) in [5.41, 5.74) is 3.42. The van der Waals surface area contributed by atoms with Gasteiger partial charge in [-0.05, 0) is 36.6 Å². The number of benzene rings is 1. The molecule has 0 bridgehead atoms. The van der Waals surface area contributed by atoms with Gasteiger partial charge >= 0.3 is 0 Å². The van der Waals surface area contributed by atoms with E-state index >= 15 is 0 Å². The zero-order chi connectivity index (χ0) is 13.7. The van der Waals surface area contributed by atoms with E-state index in [-0.39, 0.29) is 5.91 Å². The number of halogens is 1. The number of rotatable bonds is 5. The standard InChI is InChI=1S/C14H20ClNO2/c1-10-11(2)13(18-4)6-5-12(10)9-16(3)14(17)7-8-15/h5-6H,7-9H2,1-4H3. The smallest absolute Gasteiger partial charge is 0.223 e. The number of alkyl halides is 1. The molecule has 100 valence electrons. The second-order valence-corrected chi connectivity index (χ2v) is 4.74. The highest BCUT2D eigenvalue weighted by molar-refractivity contribution is 6.18. The SMILES string of the molecule is COc1ccc(CN(C)C(=O)CCCl)c(C)c1C. The average molecular weight is 270 g/mol. The van der Waals surface area contributed by atoms with E-state index in [0.717, 1.165) is 16.9 Å². The van der Waals surface area contributed by atoms with Gasteiger partial charge < -0.3 is 9.64 Å². The van der Waals surface area contributed by atoms with Crippen LogP contribution in [0.1, 0.15) is 23.1 Å². The van der Waals surface area contributed by atoms with Gasteiger partial charge in [0.25, 0.3) is 0 Å². The molecule has 0 N–H and O–H groups in total. The third-order valence-corrected chi connectivity index (χ3v) is 3.40. The van der Waals surface area contributed by atoms with Crippen molar-refractivity contribution in [1.29, 1.82) is 0 Å². The van der Waals surface area contributed by atoms with Crippen molar-refractivity contribution < 1.29 is 9.53 Å². The Morgan fingerprint density at radius 1 is 1.33 bits per heavy atom. The summed E-state index contributed by atoms with van der Waals surface area (Å²) in [5.74, 6) is 1.31. The van der Waals surface area contributed by atoms with E-state index in [9.17, 15) is 4.79 Å². The van der Waals surface area contributed by atoms with E-state index in [1.807, 2.05) is 26.0 Å². The average Bonchev–Trinajstić information content (AvgIpc) is 2.35. The first-order valence-corrected chi connectivity index (χ1v) is 6.47. The molecule has 0 fully saturated rings. The van der Waals surface area contributed by atoms with Gasteiger partial charge in [-0.15, -0.1) is 11.6 Å². The molecule has 0 aliphatic heterocycles. The first-order valence-electron chi connectivity index (χ1n) is 5.94. The first-order chi connectivity index (χ1) is 8.51. The van der Waals surface area contributed by atoms with Crippen LogP contribution in [0.2, 0.25) is 0 Å². The van der Waals surface area contributed by atoms with Crippen molar-refractivity contribution in [3.05, 3.63) is 28.8 Å². The van der Waals surface area contributed by atoms with Crippen LogP contribution >= 0.6 is 11.6 Å². The Morgan fingerprint density at radius 3 is 2.56 bits per heavy atom. The fraction of sp³-hybridized carbons (Fsp3) is 0.500. The highest BCUT2D eigenvalue weighted by Crippen LogP contribution is 2.24. The second-order valence-electron chi connectivity index (χ2n) is 4.37. The van der Waals surface area contributed by atoms with Gasteiger partial charge in [-0.3, -0.25) is 4.79 Å². The highest BCUT2D eigenvalue weighted by atomic mass is 35.5. The van der Waals surface area contributed by atoms with Gasteiger partial charge in [-0.2, -0.15) is 0 Å². The quantitative estimate of drug-likeness (QED) is 0.770. The lowest BCUT2D eigenvalue weighted by Gasteiger charge is -2.19. The van der Waals surface area contributed by atoms with Crippen molar-refractivity contribution in [3.63, 3.8) is 0 Å². The van der Waals surface area contributed by atoms with E-state index in [1.165, 1.54) is 5.56 Å². The molecule has 1 aromatic rings. The fourth-order valence-electron chi connectivity index (χ4n) is 1.86. The molecule has 0 spiro atoms. The Kier molecular flexibility index (Phi) is 5.48. The highest BCUT2D eigenvalue weighted by Gasteiger charge is 2.12.